The van der Waals surface area contributed by atoms with Gasteiger partial charge in [0, 0.05) is 6.61 Å². The van der Waals surface area contributed by atoms with Crippen molar-refractivity contribution in [1.29, 1.82) is 0 Å². The van der Waals surface area contributed by atoms with E-state index in [4.69, 9.17) is 5.11 Å². The molecule has 0 aromatic carbocycles. The number of nitrogens with zero attached hydrogens (tertiary/aromatic N) is 1. The molecule has 28 heavy (non-hydrogen) atoms. The summed E-state index contributed by atoms with van der Waals surface area (Å²) >= 11 is 0. The van der Waals surface area contributed by atoms with E-state index in [0.717, 1.165) is 0 Å². The summed E-state index contributed by atoms with van der Waals surface area (Å²) < 4.78 is 1.46. The maximum atomic E-state index is 7.57. The number of quaternary nitrogens is 1. The minimum atomic E-state index is 0.250. The first-order valence-electron chi connectivity index (χ1n) is 13.1. The van der Waals surface area contributed by atoms with E-state index in [2.05, 4.69) is 27.7 Å². The lowest BCUT2D eigenvalue weighted by molar-refractivity contribution is -0.929. The van der Waals surface area contributed by atoms with Gasteiger partial charge in [0.1, 0.15) is 0 Å². The first kappa shape index (κ1) is 30.1. The van der Waals surface area contributed by atoms with E-state index in [0.29, 0.717) is 0 Å². The molecule has 172 valence electrons. The zero-order valence-electron chi connectivity index (χ0n) is 20.7. The number of unbranched alkanes of at least 4 members (excludes halogenated alkanes) is 12. The molecule has 0 saturated carbocycles. The summed E-state index contributed by atoms with van der Waals surface area (Å²) in [5, 5.41) is 7.57. The first-order valence-corrected chi connectivity index (χ1v) is 13.1. The normalized spacial score (nSPS) is 11.4. The van der Waals surface area contributed by atoms with Crippen molar-refractivity contribution in [2.75, 3.05) is 32.8 Å². The van der Waals surface area contributed by atoms with Crippen LogP contribution in [0.4, 0.5) is 0 Å². The Morgan fingerprint density at radius 3 is 0.786 bits per heavy atom. The second-order valence-corrected chi connectivity index (χ2v) is 8.79. The summed E-state index contributed by atoms with van der Waals surface area (Å²) in [5.41, 5.74) is 0. The van der Waals surface area contributed by atoms with Crippen molar-refractivity contribution in [2.45, 2.75) is 137 Å². The van der Waals surface area contributed by atoms with Gasteiger partial charge in [-0.25, -0.2) is 0 Å². The molecule has 0 amide bonds. The predicted molar refractivity (Wildman–Crippen MR) is 129 cm³/mol. The highest BCUT2D eigenvalue weighted by atomic mass is 16.2. The Balaban J connectivity index is 0. The fourth-order valence-corrected chi connectivity index (χ4v) is 4.17. The van der Waals surface area contributed by atoms with Crippen LogP contribution in [0.15, 0.2) is 0 Å². The van der Waals surface area contributed by atoms with Gasteiger partial charge in [-0.3, -0.25) is 0 Å². The molecule has 0 fully saturated rings. The van der Waals surface area contributed by atoms with Gasteiger partial charge in [0.05, 0.1) is 26.2 Å². The minimum absolute atomic E-state index is 0.250. The molecule has 0 atom stereocenters. The quantitative estimate of drug-likeness (QED) is 0.161. The van der Waals surface area contributed by atoms with E-state index in [1.54, 1.807) is 6.92 Å². The van der Waals surface area contributed by atoms with Gasteiger partial charge in [0.2, 0.25) is 0 Å². The van der Waals surface area contributed by atoms with Crippen molar-refractivity contribution in [3.63, 3.8) is 0 Å². The van der Waals surface area contributed by atoms with E-state index in [9.17, 15) is 0 Å². The summed E-state index contributed by atoms with van der Waals surface area (Å²) in [5.74, 6) is 0. The smallest absolute Gasteiger partial charge is 0.0786 e. The van der Waals surface area contributed by atoms with E-state index in [1.807, 2.05) is 0 Å². The lowest BCUT2D eigenvalue weighted by Crippen LogP contribution is -2.50. The average molecular weight is 401 g/mol. The van der Waals surface area contributed by atoms with E-state index in [-0.39, 0.29) is 6.61 Å². The van der Waals surface area contributed by atoms with Crippen LogP contribution in [-0.4, -0.2) is 42.4 Å². The van der Waals surface area contributed by atoms with Gasteiger partial charge in [-0.2, -0.15) is 0 Å². The highest BCUT2D eigenvalue weighted by Gasteiger charge is 2.25. The maximum Gasteiger partial charge on any atom is 0.0786 e. The molecule has 1 N–H and O–H groups in total. The molecule has 0 saturated heterocycles. The zero-order chi connectivity index (χ0) is 21.3. The van der Waals surface area contributed by atoms with Gasteiger partial charge in [-0.05, 0) is 58.3 Å². The van der Waals surface area contributed by atoms with Gasteiger partial charge in [0.25, 0.3) is 0 Å². The van der Waals surface area contributed by atoms with Crippen molar-refractivity contribution >= 4 is 0 Å². The highest BCUT2D eigenvalue weighted by molar-refractivity contribution is 4.53. The van der Waals surface area contributed by atoms with Crippen LogP contribution < -0.4 is 0 Å². The van der Waals surface area contributed by atoms with Crippen LogP contribution in [0, 0.1) is 0 Å². The van der Waals surface area contributed by atoms with Crippen molar-refractivity contribution in [3.05, 3.63) is 0 Å². The van der Waals surface area contributed by atoms with Gasteiger partial charge in [-0.1, -0.05) is 79.1 Å². The molecule has 0 aliphatic carbocycles. The summed E-state index contributed by atoms with van der Waals surface area (Å²) in [6.07, 6.45) is 22.8. The number of hydrogen-bond acceptors (Lipinski definition) is 1. The molecule has 0 aromatic rings. The lowest BCUT2D eigenvalue weighted by Gasteiger charge is -2.39. The molecule has 0 aliphatic rings. The van der Waals surface area contributed by atoms with E-state index in [1.165, 1.54) is 133 Å². The summed E-state index contributed by atoms with van der Waals surface area (Å²) in [4.78, 5) is 0. The summed E-state index contributed by atoms with van der Waals surface area (Å²) in [6, 6.07) is 0. The molecule has 0 radical (unpaired) electrons. The number of hydrogen-bond donors (Lipinski definition) is 1. The average Bonchev–Trinajstić information content (AvgIpc) is 2.70. The maximum absolute atomic E-state index is 7.57. The Morgan fingerprint density at radius 1 is 0.393 bits per heavy atom. The zero-order valence-corrected chi connectivity index (χ0v) is 20.7. The second kappa shape index (κ2) is 25.0. The standard InChI is InChI=1S/C24H52N.C2H6O/c1-5-9-13-17-21-25(22-18-14-10-6-2,23-19-15-11-7-3)24-20-16-12-8-4;1-2-3/h5-24H2,1-4H3;3H,2H2,1H3/q+1;. The number of rotatable bonds is 20. The summed E-state index contributed by atoms with van der Waals surface area (Å²) in [6.45, 7) is 17.1. The highest BCUT2D eigenvalue weighted by Crippen LogP contribution is 2.19. The van der Waals surface area contributed by atoms with Crippen LogP contribution in [-0.2, 0) is 0 Å². The molecule has 0 bridgehead atoms. The Bertz CT molecular complexity index is 214. The van der Waals surface area contributed by atoms with E-state index < -0.39 is 0 Å². The third kappa shape index (κ3) is 20.6. The molecular formula is C26H58NO+. The number of aliphatic hydroxyl groups is 1. The third-order valence-corrected chi connectivity index (χ3v) is 5.94. The molecule has 2 nitrogen and oxygen atoms in total. The molecule has 0 aromatic heterocycles. The largest absolute Gasteiger partial charge is 0.397 e. The Labute approximate surface area is 180 Å². The minimum Gasteiger partial charge on any atom is -0.397 e. The van der Waals surface area contributed by atoms with Crippen LogP contribution in [0.2, 0.25) is 0 Å². The molecule has 2 heteroatoms. The SMILES string of the molecule is CCCCCC[N+](CCCCCC)(CCCCCC)CCCCCC.CCO. The predicted octanol–water partition coefficient (Wildman–Crippen LogP) is 8.12. The van der Waals surface area contributed by atoms with Crippen molar-refractivity contribution in [3.8, 4) is 0 Å². The van der Waals surface area contributed by atoms with Crippen LogP contribution in [0.5, 0.6) is 0 Å². The Kier molecular flexibility index (Phi) is 26.8. The van der Waals surface area contributed by atoms with Gasteiger partial charge in [-0.15, -0.1) is 0 Å². The van der Waals surface area contributed by atoms with E-state index >= 15 is 0 Å². The van der Waals surface area contributed by atoms with Crippen molar-refractivity contribution in [1.82, 2.24) is 0 Å². The van der Waals surface area contributed by atoms with Crippen molar-refractivity contribution < 1.29 is 9.59 Å². The first-order chi connectivity index (χ1) is 13.7. The molecule has 0 aliphatic heterocycles. The molecular weight excluding hydrogens is 342 g/mol. The van der Waals surface area contributed by atoms with Gasteiger partial charge < -0.3 is 9.59 Å². The molecule has 0 heterocycles. The van der Waals surface area contributed by atoms with Crippen molar-refractivity contribution in [2.24, 2.45) is 0 Å². The fraction of sp³-hybridized carbons (Fsp3) is 1.00. The molecule has 0 unspecified atom stereocenters. The van der Waals surface area contributed by atoms with Gasteiger partial charge >= 0.3 is 0 Å². The van der Waals surface area contributed by atoms with Gasteiger partial charge in [0.15, 0.2) is 0 Å². The summed E-state index contributed by atoms with van der Waals surface area (Å²) in [7, 11) is 0. The number of aliphatic hydroxyl groups excluding tert-OH is 1. The van der Waals surface area contributed by atoms with Crippen LogP contribution >= 0.6 is 0 Å². The van der Waals surface area contributed by atoms with Crippen LogP contribution in [0.1, 0.15) is 137 Å². The van der Waals surface area contributed by atoms with Crippen LogP contribution in [0.25, 0.3) is 0 Å². The van der Waals surface area contributed by atoms with Crippen LogP contribution in [0.3, 0.4) is 0 Å². The monoisotopic (exact) mass is 400 g/mol. The second-order valence-electron chi connectivity index (χ2n) is 8.79. The Hall–Kier alpha value is -0.0800. The Morgan fingerprint density at radius 2 is 0.607 bits per heavy atom. The topological polar surface area (TPSA) is 20.2 Å². The third-order valence-electron chi connectivity index (χ3n) is 5.94. The lowest BCUT2D eigenvalue weighted by atomic mass is 10.1. The molecule has 0 spiro atoms. The molecule has 0 rings (SSSR count). The fourth-order valence-electron chi connectivity index (χ4n) is 4.17.